The van der Waals surface area contributed by atoms with E-state index in [-0.39, 0.29) is 24.0 Å². The van der Waals surface area contributed by atoms with Crippen molar-refractivity contribution in [3.63, 3.8) is 0 Å². The molecule has 0 aliphatic heterocycles. The van der Waals surface area contributed by atoms with Crippen molar-refractivity contribution in [2.45, 2.75) is 45.6 Å². The van der Waals surface area contributed by atoms with Gasteiger partial charge >= 0.3 is 0 Å². The van der Waals surface area contributed by atoms with Crippen molar-refractivity contribution in [2.75, 3.05) is 0 Å². The van der Waals surface area contributed by atoms with Crippen LogP contribution in [0.2, 0.25) is 0 Å². The van der Waals surface area contributed by atoms with Crippen molar-refractivity contribution >= 4 is 0 Å². The number of hydrogen-bond donors (Lipinski definition) is 0. The highest BCUT2D eigenvalue weighted by Crippen LogP contribution is 2.02. The maximum atomic E-state index is 4.21. The third kappa shape index (κ3) is 5.57. The molecule has 0 spiro atoms. The monoisotopic (exact) mass is 309 g/mol. The lowest BCUT2D eigenvalue weighted by Gasteiger charge is -1.95. The van der Waals surface area contributed by atoms with E-state index in [1.165, 1.54) is 32.1 Å². The third-order valence-corrected chi connectivity index (χ3v) is 2.19. The van der Waals surface area contributed by atoms with Crippen LogP contribution >= 0.6 is 0 Å². The van der Waals surface area contributed by atoms with Crippen LogP contribution in [0.4, 0.5) is 0 Å². The Morgan fingerprint density at radius 1 is 1.21 bits per heavy atom. The maximum absolute atomic E-state index is 4.21. The minimum absolute atomic E-state index is 0. The summed E-state index contributed by atoms with van der Waals surface area (Å²) < 4.78 is 3.98. The average molecular weight is 309 g/mol. The Morgan fingerprint density at radius 2 is 1.93 bits per heavy atom. The van der Waals surface area contributed by atoms with Crippen LogP contribution in [-0.2, 0) is 13.6 Å². The average Bonchev–Trinajstić information content (AvgIpc) is 2.51. The summed E-state index contributed by atoms with van der Waals surface area (Å²) in [5.41, 5.74) is 0. The van der Waals surface area contributed by atoms with Gasteiger partial charge in [-0.15, -0.1) is 4.68 Å². The van der Waals surface area contributed by atoms with Crippen molar-refractivity contribution in [1.82, 2.24) is 9.78 Å². The minimum atomic E-state index is 0. The van der Waals surface area contributed by atoms with E-state index >= 15 is 0 Å². The zero-order valence-electron chi connectivity index (χ0n) is 9.12. The Bertz CT molecular complexity index is 235. The largest absolute Gasteiger partial charge is 1.00 e. The third-order valence-electron chi connectivity index (χ3n) is 2.19. The maximum Gasteiger partial charge on any atom is 0.264 e. The van der Waals surface area contributed by atoms with E-state index in [2.05, 4.69) is 12.0 Å². The molecule has 0 radical (unpaired) electrons. The highest BCUT2D eigenvalue weighted by Gasteiger charge is 2.00. The molecule has 0 N–H and O–H groups in total. The zero-order chi connectivity index (χ0) is 9.52. The molecule has 0 aliphatic rings. The summed E-state index contributed by atoms with van der Waals surface area (Å²) in [6.07, 6.45) is 10.5. The number of aromatic nitrogens is 3. The lowest BCUT2D eigenvalue weighted by atomic mass is 10.1. The molecule has 0 unspecified atom stereocenters. The van der Waals surface area contributed by atoms with Gasteiger partial charge in [0.2, 0.25) is 6.33 Å². The van der Waals surface area contributed by atoms with Gasteiger partial charge in [-0.2, -0.15) is 0 Å². The van der Waals surface area contributed by atoms with Crippen molar-refractivity contribution in [3.05, 3.63) is 12.7 Å². The van der Waals surface area contributed by atoms with Gasteiger partial charge in [0.15, 0.2) is 0 Å². The molecule has 0 saturated carbocycles. The van der Waals surface area contributed by atoms with Gasteiger partial charge in [-0.25, -0.2) is 4.57 Å². The number of unbranched alkanes of at least 4 members (excludes halogenated alkanes) is 4. The van der Waals surface area contributed by atoms with Gasteiger partial charge in [0.1, 0.15) is 6.54 Å². The van der Waals surface area contributed by atoms with Crippen LogP contribution < -0.4 is 28.5 Å². The molecule has 1 aromatic heterocycles. The van der Waals surface area contributed by atoms with Gasteiger partial charge in [0, 0.05) is 5.10 Å². The van der Waals surface area contributed by atoms with Crippen LogP contribution in [0.3, 0.4) is 0 Å². The number of rotatable bonds is 6. The molecule has 0 fully saturated rings. The molecule has 3 nitrogen and oxygen atoms in total. The Kier molecular flexibility index (Phi) is 8.12. The molecular weight excluding hydrogens is 289 g/mol. The summed E-state index contributed by atoms with van der Waals surface area (Å²) in [5, 5.41) is 4.21. The van der Waals surface area contributed by atoms with Crippen LogP contribution in [0.5, 0.6) is 0 Å². The summed E-state index contributed by atoms with van der Waals surface area (Å²) in [5.74, 6) is 0. The lowest BCUT2D eigenvalue weighted by molar-refractivity contribution is -0.672. The Balaban J connectivity index is 0.00000169. The van der Waals surface area contributed by atoms with E-state index in [0.717, 1.165) is 6.54 Å². The van der Waals surface area contributed by atoms with Crippen LogP contribution in [0, 0.1) is 0 Å². The molecule has 1 heterocycles. The highest BCUT2D eigenvalue weighted by molar-refractivity contribution is 4.47. The molecule has 0 saturated heterocycles. The number of hydrogen-bond acceptors (Lipinski definition) is 1. The van der Waals surface area contributed by atoms with Gasteiger partial charge in [0.05, 0.1) is 7.05 Å². The SMILES string of the molecule is CCCCCCCn1c[n+](C)cn1.[I-]. The summed E-state index contributed by atoms with van der Waals surface area (Å²) >= 11 is 0. The van der Waals surface area contributed by atoms with Crippen molar-refractivity contribution in [2.24, 2.45) is 7.05 Å². The molecule has 0 aliphatic carbocycles. The molecule has 1 aromatic rings. The Morgan fingerprint density at radius 3 is 2.50 bits per heavy atom. The fourth-order valence-corrected chi connectivity index (χ4v) is 1.41. The van der Waals surface area contributed by atoms with E-state index in [9.17, 15) is 0 Å². The van der Waals surface area contributed by atoms with Gasteiger partial charge in [0.25, 0.3) is 6.33 Å². The van der Waals surface area contributed by atoms with Gasteiger partial charge in [-0.3, -0.25) is 0 Å². The first-order chi connectivity index (χ1) is 6.33. The van der Waals surface area contributed by atoms with E-state index in [0.29, 0.717) is 0 Å². The molecule has 0 aromatic carbocycles. The summed E-state index contributed by atoms with van der Waals surface area (Å²) in [6, 6.07) is 0. The van der Waals surface area contributed by atoms with Gasteiger partial charge in [-0.1, -0.05) is 32.6 Å². The molecule has 0 atom stereocenters. The van der Waals surface area contributed by atoms with Crippen LogP contribution in [-0.4, -0.2) is 9.78 Å². The topological polar surface area (TPSA) is 21.7 Å². The van der Waals surface area contributed by atoms with Crippen molar-refractivity contribution in [1.29, 1.82) is 0 Å². The number of nitrogens with zero attached hydrogens (tertiary/aromatic N) is 3. The van der Waals surface area contributed by atoms with Crippen LogP contribution in [0.1, 0.15) is 39.0 Å². The first-order valence-corrected chi connectivity index (χ1v) is 5.20. The normalized spacial score (nSPS) is 9.86. The first kappa shape index (κ1) is 13.9. The van der Waals surface area contributed by atoms with Crippen molar-refractivity contribution < 1.29 is 28.5 Å². The van der Waals surface area contributed by atoms with E-state index in [1.807, 2.05) is 29.0 Å². The molecule has 82 valence electrons. The summed E-state index contributed by atoms with van der Waals surface area (Å²) in [7, 11) is 2.00. The van der Waals surface area contributed by atoms with Crippen LogP contribution in [0.25, 0.3) is 0 Å². The molecule has 0 bridgehead atoms. The van der Waals surface area contributed by atoms with E-state index < -0.39 is 0 Å². The second kappa shape index (κ2) is 8.20. The van der Waals surface area contributed by atoms with Gasteiger partial charge in [-0.05, 0) is 6.42 Å². The fraction of sp³-hybridized carbons (Fsp3) is 0.800. The van der Waals surface area contributed by atoms with Gasteiger partial charge < -0.3 is 24.0 Å². The second-order valence-electron chi connectivity index (χ2n) is 3.59. The molecule has 1 rings (SSSR count). The van der Waals surface area contributed by atoms with E-state index in [1.54, 1.807) is 0 Å². The Labute approximate surface area is 104 Å². The molecule has 14 heavy (non-hydrogen) atoms. The molecule has 4 heteroatoms. The zero-order valence-corrected chi connectivity index (χ0v) is 11.3. The highest BCUT2D eigenvalue weighted by atomic mass is 127. The molecule has 0 amide bonds. The van der Waals surface area contributed by atoms with E-state index in [4.69, 9.17) is 0 Å². The predicted molar refractivity (Wildman–Crippen MR) is 52.2 cm³/mol. The second-order valence-corrected chi connectivity index (χ2v) is 3.59. The van der Waals surface area contributed by atoms with Crippen molar-refractivity contribution in [3.8, 4) is 0 Å². The lowest BCUT2D eigenvalue weighted by Crippen LogP contribution is -3.00. The minimum Gasteiger partial charge on any atom is -1.00 e. The fourth-order valence-electron chi connectivity index (χ4n) is 1.41. The molecular formula is C10H20IN3. The standard InChI is InChI=1S/C10H20N3.HI/c1-3-4-5-6-7-8-13-10-12(2)9-11-13;/h9-10H,3-8H2,1-2H3;1H/q+1;/p-1. The first-order valence-electron chi connectivity index (χ1n) is 5.20. The predicted octanol–water partition coefficient (Wildman–Crippen LogP) is -1.32. The van der Waals surface area contributed by atoms with Crippen LogP contribution in [0.15, 0.2) is 12.7 Å². The smallest absolute Gasteiger partial charge is 0.264 e. The number of aryl methyl sites for hydroxylation is 2. The summed E-state index contributed by atoms with van der Waals surface area (Å²) in [4.78, 5) is 0. The quantitative estimate of drug-likeness (QED) is 0.363. The Hall–Kier alpha value is -0.130. The summed E-state index contributed by atoms with van der Waals surface area (Å²) in [6.45, 7) is 3.30. The number of halogens is 1.